The SMILES string of the molecule is CCCN1c2ccc(/C=C(\C#N)c3ccc(C(F)(F)F)cc3)cc2C(C)CC1(C)C. The summed E-state index contributed by atoms with van der Waals surface area (Å²) in [4.78, 5) is 2.46. The van der Waals surface area contributed by atoms with Crippen LogP contribution in [-0.4, -0.2) is 12.1 Å². The van der Waals surface area contributed by atoms with Gasteiger partial charge in [-0.3, -0.25) is 0 Å². The van der Waals surface area contributed by atoms with Gasteiger partial charge in [-0.2, -0.15) is 18.4 Å². The van der Waals surface area contributed by atoms with E-state index in [1.165, 1.54) is 23.4 Å². The van der Waals surface area contributed by atoms with Gasteiger partial charge >= 0.3 is 6.18 Å². The predicted octanol–water partition coefficient (Wildman–Crippen LogP) is 7.27. The summed E-state index contributed by atoms with van der Waals surface area (Å²) in [6.07, 6.45) is -0.538. The van der Waals surface area contributed by atoms with Crippen LogP contribution in [0.5, 0.6) is 0 Å². The molecule has 0 aliphatic carbocycles. The zero-order valence-electron chi connectivity index (χ0n) is 17.8. The van der Waals surface area contributed by atoms with Gasteiger partial charge < -0.3 is 4.90 Å². The van der Waals surface area contributed by atoms with Gasteiger partial charge in [0.1, 0.15) is 0 Å². The van der Waals surface area contributed by atoms with E-state index in [-0.39, 0.29) is 5.54 Å². The normalized spacial score (nSPS) is 18.7. The molecule has 5 heteroatoms. The Hall–Kier alpha value is -2.74. The van der Waals surface area contributed by atoms with Crippen molar-refractivity contribution in [3.05, 3.63) is 64.7 Å². The van der Waals surface area contributed by atoms with E-state index in [0.29, 0.717) is 17.1 Å². The van der Waals surface area contributed by atoms with Crippen LogP contribution in [0, 0.1) is 11.3 Å². The van der Waals surface area contributed by atoms with Crippen molar-refractivity contribution in [2.75, 3.05) is 11.4 Å². The number of allylic oxidation sites excluding steroid dienone is 1. The third kappa shape index (κ3) is 4.38. The van der Waals surface area contributed by atoms with Gasteiger partial charge in [-0.05, 0) is 79.6 Å². The van der Waals surface area contributed by atoms with Crippen molar-refractivity contribution < 1.29 is 13.2 Å². The molecule has 0 radical (unpaired) electrons. The van der Waals surface area contributed by atoms with E-state index in [1.54, 1.807) is 6.08 Å². The fourth-order valence-electron chi connectivity index (χ4n) is 4.43. The number of anilines is 1. The van der Waals surface area contributed by atoms with Gasteiger partial charge in [-0.15, -0.1) is 0 Å². The highest BCUT2D eigenvalue weighted by molar-refractivity contribution is 5.90. The molecule has 158 valence electrons. The second-order valence-corrected chi connectivity index (χ2v) is 8.63. The third-order valence-corrected chi connectivity index (χ3v) is 5.81. The van der Waals surface area contributed by atoms with Crippen molar-refractivity contribution in [3.63, 3.8) is 0 Å². The van der Waals surface area contributed by atoms with Crippen LogP contribution >= 0.6 is 0 Å². The molecule has 0 fully saturated rings. The Bertz CT molecular complexity index is 979. The highest BCUT2D eigenvalue weighted by Crippen LogP contribution is 2.44. The van der Waals surface area contributed by atoms with Crippen molar-refractivity contribution in [1.29, 1.82) is 5.26 Å². The highest BCUT2D eigenvalue weighted by Gasteiger charge is 2.35. The molecule has 2 nitrogen and oxygen atoms in total. The van der Waals surface area contributed by atoms with Gasteiger partial charge in [0.15, 0.2) is 0 Å². The van der Waals surface area contributed by atoms with E-state index in [1.807, 2.05) is 6.07 Å². The quantitative estimate of drug-likeness (QED) is 0.390. The first-order valence-electron chi connectivity index (χ1n) is 10.3. The Labute approximate surface area is 176 Å². The fraction of sp³-hybridized carbons (Fsp3) is 0.400. The molecule has 30 heavy (non-hydrogen) atoms. The van der Waals surface area contributed by atoms with E-state index >= 15 is 0 Å². The molecule has 0 amide bonds. The number of rotatable bonds is 4. The van der Waals surface area contributed by atoms with E-state index < -0.39 is 11.7 Å². The molecule has 2 aromatic rings. The number of halogens is 3. The van der Waals surface area contributed by atoms with E-state index in [4.69, 9.17) is 0 Å². The molecule has 1 aliphatic rings. The van der Waals surface area contributed by atoms with Crippen LogP contribution in [0.1, 0.15) is 68.7 Å². The molecule has 0 bridgehead atoms. The summed E-state index contributed by atoms with van der Waals surface area (Å²) in [5.41, 5.74) is 3.55. The van der Waals surface area contributed by atoms with Crippen LogP contribution in [0.15, 0.2) is 42.5 Å². The number of hydrogen-bond donors (Lipinski definition) is 0. The molecule has 2 aromatic carbocycles. The number of benzene rings is 2. The number of nitriles is 1. The average molecular weight is 412 g/mol. The maximum absolute atomic E-state index is 12.8. The van der Waals surface area contributed by atoms with E-state index in [0.717, 1.165) is 37.1 Å². The van der Waals surface area contributed by atoms with Crippen molar-refractivity contribution in [2.45, 2.75) is 58.2 Å². The molecule has 1 unspecified atom stereocenters. The monoisotopic (exact) mass is 412 g/mol. The molecular weight excluding hydrogens is 385 g/mol. The van der Waals surface area contributed by atoms with E-state index in [9.17, 15) is 18.4 Å². The summed E-state index contributed by atoms with van der Waals surface area (Å²) in [6, 6.07) is 13.1. The summed E-state index contributed by atoms with van der Waals surface area (Å²) < 4.78 is 38.4. The van der Waals surface area contributed by atoms with Crippen LogP contribution in [0.25, 0.3) is 11.6 Å². The first kappa shape index (κ1) is 22.0. The van der Waals surface area contributed by atoms with E-state index in [2.05, 4.69) is 50.8 Å². The summed E-state index contributed by atoms with van der Waals surface area (Å²) >= 11 is 0. The largest absolute Gasteiger partial charge is 0.416 e. The van der Waals surface area contributed by atoms with Gasteiger partial charge in [-0.1, -0.05) is 32.0 Å². The molecule has 0 aromatic heterocycles. The number of hydrogen-bond acceptors (Lipinski definition) is 2. The van der Waals surface area contributed by atoms with Gasteiger partial charge in [0, 0.05) is 17.8 Å². The Morgan fingerprint density at radius 3 is 2.43 bits per heavy atom. The molecule has 3 rings (SSSR count). The zero-order chi connectivity index (χ0) is 22.1. The average Bonchev–Trinajstić information content (AvgIpc) is 2.68. The van der Waals surface area contributed by atoms with Crippen molar-refractivity contribution in [2.24, 2.45) is 0 Å². The Balaban J connectivity index is 1.97. The lowest BCUT2D eigenvalue weighted by Crippen LogP contribution is -2.48. The van der Waals surface area contributed by atoms with Crippen molar-refractivity contribution in [1.82, 2.24) is 0 Å². The summed E-state index contributed by atoms with van der Waals surface area (Å²) in [6.45, 7) is 9.92. The lowest BCUT2D eigenvalue weighted by Gasteiger charge is -2.47. The molecule has 1 atom stereocenters. The molecule has 0 spiro atoms. The molecule has 0 N–H and O–H groups in total. The molecule has 0 saturated carbocycles. The smallest absolute Gasteiger partial charge is 0.366 e. The second kappa shape index (κ2) is 8.18. The predicted molar refractivity (Wildman–Crippen MR) is 116 cm³/mol. The number of alkyl halides is 3. The lowest BCUT2D eigenvalue weighted by molar-refractivity contribution is -0.137. The lowest BCUT2D eigenvalue weighted by atomic mass is 9.79. The Kier molecular flexibility index (Phi) is 5.99. The van der Waals surface area contributed by atoms with Crippen LogP contribution in [0.2, 0.25) is 0 Å². The van der Waals surface area contributed by atoms with Crippen LogP contribution < -0.4 is 4.90 Å². The first-order valence-corrected chi connectivity index (χ1v) is 10.3. The Morgan fingerprint density at radius 2 is 1.87 bits per heavy atom. The zero-order valence-corrected chi connectivity index (χ0v) is 17.8. The highest BCUT2D eigenvalue weighted by atomic mass is 19.4. The van der Waals surface area contributed by atoms with Crippen LogP contribution in [-0.2, 0) is 6.18 Å². The first-order chi connectivity index (χ1) is 14.1. The van der Waals surface area contributed by atoms with Gasteiger partial charge in [0.25, 0.3) is 0 Å². The Morgan fingerprint density at radius 1 is 1.20 bits per heavy atom. The van der Waals surface area contributed by atoms with Gasteiger partial charge in [0.05, 0.1) is 17.2 Å². The third-order valence-electron chi connectivity index (χ3n) is 5.81. The van der Waals surface area contributed by atoms with Crippen LogP contribution in [0.4, 0.5) is 18.9 Å². The summed E-state index contributed by atoms with van der Waals surface area (Å²) in [5.74, 6) is 0.382. The summed E-state index contributed by atoms with van der Waals surface area (Å²) in [7, 11) is 0. The number of fused-ring (bicyclic) bond motifs is 1. The fourth-order valence-corrected chi connectivity index (χ4v) is 4.43. The second-order valence-electron chi connectivity index (χ2n) is 8.63. The minimum Gasteiger partial charge on any atom is -0.366 e. The minimum atomic E-state index is -4.39. The summed E-state index contributed by atoms with van der Waals surface area (Å²) in [5, 5.41) is 9.59. The molecule has 0 saturated heterocycles. The maximum atomic E-state index is 12.8. The topological polar surface area (TPSA) is 27.0 Å². The molecule has 1 aliphatic heterocycles. The van der Waals surface area contributed by atoms with Gasteiger partial charge in [-0.25, -0.2) is 0 Å². The van der Waals surface area contributed by atoms with Crippen LogP contribution in [0.3, 0.4) is 0 Å². The van der Waals surface area contributed by atoms with Gasteiger partial charge in [0.2, 0.25) is 0 Å². The molecule has 1 heterocycles. The molecular formula is C25H27F3N2. The minimum absolute atomic E-state index is 0.0812. The maximum Gasteiger partial charge on any atom is 0.416 e. The van der Waals surface area contributed by atoms with Crippen molar-refractivity contribution >= 4 is 17.3 Å². The van der Waals surface area contributed by atoms with Crippen molar-refractivity contribution in [3.8, 4) is 6.07 Å². The standard InChI is InChI=1S/C25H27F3N2/c1-5-12-30-23-11-6-18(14-22(23)17(2)15-24(30,3)4)13-20(16-29)19-7-9-21(10-8-19)25(26,27)28/h6-11,13-14,17H,5,12,15H2,1-4H3/b20-13+. The number of nitrogens with zero attached hydrogens (tertiary/aromatic N) is 2.